The number of nitrogens with zero attached hydrogens (tertiary/aromatic N) is 8. The third-order valence-electron chi connectivity index (χ3n) is 11.1. The van der Waals surface area contributed by atoms with E-state index < -0.39 is 94.0 Å². The molecular weight excluding hydrogens is 907 g/mol. The molecule has 0 saturated heterocycles. The number of sulfonamides is 1. The second-order valence-corrected chi connectivity index (χ2v) is 17.7. The van der Waals surface area contributed by atoms with Gasteiger partial charge in [0, 0.05) is 42.8 Å². The van der Waals surface area contributed by atoms with Crippen molar-refractivity contribution in [3.8, 4) is 11.4 Å². The lowest BCUT2D eigenvalue weighted by atomic mass is 9.99. The first kappa shape index (κ1) is 43.0. The molecule has 0 spiro atoms. The van der Waals surface area contributed by atoms with E-state index in [4.69, 9.17) is 16.6 Å². The second-order valence-electron chi connectivity index (χ2n) is 15.6. The molecule has 0 bridgehead atoms. The number of amides is 1. The molecule has 1 unspecified atom stereocenters. The molecule has 2 N–H and O–H groups in total. The number of amidine groups is 1. The maximum Gasteiger partial charge on any atom is 0.433 e. The number of benzene rings is 3. The van der Waals surface area contributed by atoms with Gasteiger partial charge in [0.1, 0.15) is 41.1 Å². The van der Waals surface area contributed by atoms with Gasteiger partial charge < -0.3 is 10.2 Å². The van der Waals surface area contributed by atoms with E-state index in [9.17, 15) is 43.9 Å². The highest BCUT2D eigenvalue weighted by Gasteiger charge is 2.67. The lowest BCUT2D eigenvalue weighted by molar-refractivity contribution is -0.141. The Morgan fingerprint density at radius 3 is 2.45 bits per heavy atom. The summed E-state index contributed by atoms with van der Waals surface area (Å²) in [6.45, 7) is -1.13. The molecule has 3 aromatic heterocycles. The highest BCUT2D eigenvalue weighted by molar-refractivity contribution is 7.92. The zero-order chi connectivity index (χ0) is 45.8. The van der Waals surface area contributed by atoms with Gasteiger partial charge in [-0.25, -0.2) is 40.9 Å². The fourth-order valence-corrected chi connectivity index (χ4v) is 9.19. The Morgan fingerprint density at radius 2 is 1.77 bits per heavy atom. The summed E-state index contributed by atoms with van der Waals surface area (Å²) in [5.41, 5.74) is -2.13. The Labute approximate surface area is 361 Å². The number of carbonyl (C=O) groups is 1. The normalized spacial score (nSPS) is 18.1. The van der Waals surface area contributed by atoms with E-state index in [2.05, 4.69) is 30.2 Å². The number of carbonyl (C=O) groups excluding carboxylic acids is 1. The topological polar surface area (TPSA) is 152 Å². The van der Waals surface area contributed by atoms with Gasteiger partial charge in [-0.05, 0) is 59.9 Å². The molecule has 3 atom stereocenters. The molecule has 9 rings (SSSR count). The third kappa shape index (κ3) is 7.77. The summed E-state index contributed by atoms with van der Waals surface area (Å²) in [5, 5.41) is 10.9. The maximum atomic E-state index is 15.5. The molecule has 13 nitrogen and oxygen atoms in total. The third-order valence-corrected chi connectivity index (χ3v) is 12.0. The largest absolute Gasteiger partial charge is 0.433 e. The Balaban J connectivity index is 1.20. The summed E-state index contributed by atoms with van der Waals surface area (Å²) in [4.78, 5) is 28.2. The van der Waals surface area contributed by atoms with Gasteiger partial charge in [-0.3, -0.25) is 18.9 Å². The maximum absolute atomic E-state index is 15.5. The van der Waals surface area contributed by atoms with Crippen LogP contribution in [0.4, 0.5) is 56.7 Å². The Bertz CT molecular complexity index is 3050. The van der Waals surface area contributed by atoms with Crippen molar-refractivity contribution < 1.29 is 52.7 Å². The average Bonchev–Trinajstić information content (AvgIpc) is 3.75. The number of hydrogen-bond donors (Lipinski definition) is 2. The van der Waals surface area contributed by atoms with Gasteiger partial charge in [0.15, 0.2) is 11.6 Å². The van der Waals surface area contributed by atoms with Gasteiger partial charge in [0.2, 0.25) is 15.9 Å². The monoisotopic (exact) mass is 936 g/mol. The molecule has 334 valence electrons. The fraction of sp³-hybridized carbons (Fsp3) is 0.300. The first-order chi connectivity index (χ1) is 30.1. The molecule has 3 aromatic carbocycles. The van der Waals surface area contributed by atoms with Crippen molar-refractivity contribution in [3.05, 3.63) is 111 Å². The molecule has 1 fully saturated rings. The SMILES string of the molecule is Cn1nc(NS(C)(=O)=O)c2c(Cl)ccc(N3Cc4ccc(-c5nccc(C(F)(F)F)n5)cc4N=C3C(Cc3cc(F)cc(F)c3)NC(=O)Cn3nc(C(F)F)c4c3C(F)(F)[C@@H]3C[C@H]43)c21. The molecular formula is C40H30ClF9N10O3S. The molecule has 24 heteroatoms. The summed E-state index contributed by atoms with van der Waals surface area (Å²) < 4.78 is 159. The lowest BCUT2D eigenvalue weighted by Gasteiger charge is -2.36. The minimum atomic E-state index is -4.81. The summed E-state index contributed by atoms with van der Waals surface area (Å²) in [6.07, 6.45) is -6.67. The number of rotatable bonds is 11. The number of aliphatic imine (C=N–C) groups is 1. The van der Waals surface area contributed by atoms with E-state index in [0.29, 0.717) is 22.4 Å². The van der Waals surface area contributed by atoms with Crippen LogP contribution in [0.1, 0.15) is 52.5 Å². The Hall–Kier alpha value is -6.23. The lowest BCUT2D eigenvalue weighted by Crippen LogP contribution is -2.51. The number of hydrogen-bond acceptors (Lipinski definition) is 9. The van der Waals surface area contributed by atoms with Crippen LogP contribution < -0.4 is 14.9 Å². The van der Waals surface area contributed by atoms with E-state index in [0.717, 1.165) is 24.6 Å². The molecule has 1 saturated carbocycles. The zero-order valence-electron chi connectivity index (χ0n) is 32.9. The summed E-state index contributed by atoms with van der Waals surface area (Å²) in [5.74, 6) is -9.25. The smallest absolute Gasteiger partial charge is 0.344 e. The highest BCUT2D eigenvalue weighted by Crippen LogP contribution is 2.68. The first-order valence-electron chi connectivity index (χ1n) is 19.1. The summed E-state index contributed by atoms with van der Waals surface area (Å²) >= 11 is 6.63. The fourth-order valence-electron chi connectivity index (χ4n) is 8.45. The number of aromatic nitrogens is 6. The van der Waals surface area contributed by atoms with Crippen LogP contribution in [0, 0.1) is 17.6 Å². The number of anilines is 2. The van der Waals surface area contributed by atoms with Gasteiger partial charge in [-0.1, -0.05) is 23.7 Å². The van der Waals surface area contributed by atoms with Gasteiger partial charge in [-0.2, -0.15) is 32.1 Å². The molecule has 2 aliphatic carbocycles. The second kappa shape index (κ2) is 15.2. The minimum absolute atomic E-state index is 0.0247. The number of aryl methyl sites for hydroxylation is 1. The first-order valence-corrected chi connectivity index (χ1v) is 21.4. The van der Waals surface area contributed by atoms with Crippen molar-refractivity contribution in [2.45, 2.75) is 56.4 Å². The van der Waals surface area contributed by atoms with Crippen LogP contribution in [0.3, 0.4) is 0 Å². The molecule has 6 aromatic rings. The van der Waals surface area contributed by atoms with Crippen molar-refractivity contribution in [2.24, 2.45) is 18.0 Å². The van der Waals surface area contributed by atoms with Crippen LogP contribution in [0.15, 0.2) is 65.8 Å². The molecule has 1 amide bonds. The standard InChI is InChI=1S/C40H30ClF9N10O3S/c1-58-33-27(6-5-24(41)31(33)37(56-58)57-64(2,62)63)59-15-19-4-3-18(36-51-8-7-28(54-36)40(48,49)50)12-25(19)53-38(59)26(11-17-9-20(42)13-21(43)10-17)52-29(61)16-60-34-30(32(55-60)35(44)45)22-14-23(22)39(34,46)47/h3-10,12-13,22-23,26,35H,11,14-16H2,1-2H3,(H,52,61)(H,56,57)/t22-,23+,26?/m0/s1. The van der Waals surface area contributed by atoms with Crippen LogP contribution in [0.2, 0.25) is 5.02 Å². The zero-order valence-corrected chi connectivity index (χ0v) is 34.5. The van der Waals surface area contributed by atoms with Gasteiger partial charge in [-0.15, -0.1) is 0 Å². The van der Waals surface area contributed by atoms with Crippen molar-refractivity contribution in [1.29, 1.82) is 0 Å². The van der Waals surface area contributed by atoms with E-state index >= 15 is 8.78 Å². The van der Waals surface area contributed by atoms with Crippen LogP contribution in [-0.4, -0.2) is 62.0 Å². The number of alkyl halides is 7. The van der Waals surface area contributed by atoms with E-state index in [1.165, 1.54) is 47.0 Å². The number of halogens is 10. The van der Waals surface area contributed by atoms with E-state index in [1.54, 1.807) is 0 Å². The van der Waals surface area contributed by atoms with Crippen LogP contribution in [-0.2, 0) is 53.5 Å². The average molecular weight is 937 g/mol. The molecule has 0 radical (unpaired) electrons. The van der Waals surface area contributed by atoms with Gasteiger partial charge in [0.05, 0.1) is 46.1 Å². The molecule has 1 aliphatic heterocycles. The van der Waals surface area contributed by atoms with Crippen LogP contribution >= 0.6 is 11.6 Å². The predicted octanol–water partition coefficient (Wildman–Crippen LogP) is 8.17. The minimum Gasteiger partial charge on any atom is -0.344 e. The van der Waals surface area contributed by atoms with E-state index in [-0.39, 0.29) is 74.4 Å². The van der Waals surface area contributed by atoms with Crippen molar-refractivity contribution in [1.82, 2.24) is 34.8 Å². The van der Waals surface area contributed by atoms with Crippen LogP contribution in [0.5, 0.6) is 0 Å². The predicted molar refractivity (Wildman–Crippen MR) is 214 cm³/mol. The van der Waals surface area contributed by atoms with Crippen molar-refractivity contribution in [3.63, 3.8) is 0 Å². The van der Waals surface area contributed by atoms with E-state index in [1.807, 2.05) is 0 Å². The number of nitrogens with one attached hydrogen (secondary N) is 2. The molecule has 4 heterocycles. The summed E-state index contributed by atoms with van der Waals surface area (Å²) in [6, 6.07) is 9.11. The van der Waals surface area contributed by atoms with Crippen molar-refractivity contribution in [2.75, 3.05) is 15.9 Å². The van der Waals surface area contributed by atoms with Crippen LogP contribution in [0.25, 0.3) is 22.3 Å². The van der Waals surface area contributed by atoms with Gasteiger partial charge in [0.25, 0.3) is 12.3 Å². The van der Waals surface area contributed by atoms with Crippen molar-refractivity contribution >= 4 is 61.5 Å². The van der Waals surface area contributed by atoms with Gasteiger partial charge >= 0.3 is 6.18 Å². The highest BCUT2D eigenvalue weighted by atomic mass is 35.5. The number of fused-ring (bicyclic) bond motifs is 5. The Kier molecular flexibility index (Phi) is 10.2. The summed E-state index contributed by atoms with van der Waals surface area (Å²) in [7, 11) is -2.42. The Morgan fingerprint density at radius 1 is 1.03 bits per heavy atom. The quantitative estimate of drug-likeness (QED) is 0.124. The molecule has 64 heavy (non-hydrogen) atoms. The molecule has 3 aliphatic rings.